The van der Waals surface area contributed by atoms with Crippen molar-refractivity contribution in [3.63, 3.8) is 0 Å². The SMILES string of the molecule is CC(C)(C)OC(=O)N1CCC(Oc2ccc(N=[N+]=[N-])cc2F)CC1. The third-order valence-electron chi connectivity index (χ3n) is 3.46. The molecule has 1 fully saturated rings. The molecule has 2 rings (SSSR count). The smallest absolute Gasteiger partial charge is 0.410 e. The first-order valence-electron chi connectivity index (χ1n) is 7.78. The number of carbonyl (C=O) groups excluding carboxylic acids is 1. The fourth-order valence-electron chi connectivity index (χ4n) is 2.36. The van der Waals surface area contributed by atoms with Crippen LogP contribution in [0.2, 0.25) is 0 Å². The Morgan fingerprint density at radius 3 is 2.58 bits per heavy atom. The van der Waals surface area contributed by atoms with E-state index in [1.165, 1.54) is 12.1 Å². The summed E-state index contributed by atoms with van der Waals surface area (Å²) >= 11 is 0. The number of benzene rings is 1. The number of nitrogens with zero attached hydrogens (tertiary/aromatic N) is 4. The molecule has 1 aliphatic rings. The first kappa shape index (κ1) is 17.9. The summed E-state index contributed by atoms with van der Waals surface area (Å²) in [6, 6.07) is 4.07. The lowest BCUT2D eigenvalue weighted by molar-refractivity contribution is 0.0123. The molecule has 1 heterocycles. The van der Waals surface area contributed by atoms with Gasteiger partial charge in [0.2, 0.25) is 0 Å². The van der Waals surface area contributed by atoms with E-state index in [0.717, 1.165) is 6.07 Å². The van der Waals surface area contributed by atoms with Crippen molar-refractivity contribution in [3.05, 3.63) is 34.5 Å². The highest BCUT2D eigenvalue weighted by atomic mass is 19.1. The zero-order chi connectivity index (χ0) is 17.7. The Labute approximate surface area is 140 Å². The van der Waals surface area contributed by atoms with Gasteiger partial charge in [0.1, 0.15) is 11.7 Å². The van der Waals surface area contributed by atoms with Crippen LogP contribution in [0.1, 0.15) is 33.6 Å². The fourth-order valence-corrected chi connectivity index (χ4v) is 2.36. The van der Waals surface area contributed by atoms with E-state index >= 15 is 0 Å². The van der Waals surface area contributed by atoms with Crippen molar-refractivity contribution in [2.75, 3.05) is 13.1 Å². The number of carbonyl (C=O) groups is 1. The molecule has 0 aromatic heterocycles. The van der Waals surface area contributed by atoms with Gasteiger partial charge in [-0.1, -0.05) is 5.11 Å². The lowest BCUT2D eigenvalue weighted by Crippen LogP contribution is -2.44. The quantitative estimate of drug-likeness (QED) is 0.461. The molecule has 0 bridgehead atoms. The topological polar surface area (TPSA) is 87.5 Å². The number of likely N-dealkylation sites (tertiary alicyclic amines) is 1. The van der Waals surface area contributed by atoms with Crippen molar-refractivity contribution in [1.82, 2.24) is 4.90 Å². The molecule has 1 aromatic carbocycles. The van der Waals surface area contributed by atoms with Crippen LogP contribution < -0.4 is 4.74 Å². The summed E-state index contributed by atoms with van der Waals surface area (Å²) in [4.78, 5) is 16.2. The zero-order valence-electron chi connectivity index (χ0n) is 14.0. The van der Waals surface area contributed by atoms with E-state index in [1.54, 1.807) is 4.90 Å². The van der Waals surface area contributed by atoms with Crippen LogP contribution in [0.5, 0.6) is 5.75 Å². The highest BCUT2D eigenvalue weighted by Gasteiger charge is 2.28. The molecule has 0 aliphatic carbocycles. The minimum Gasteiger partial charge on any atom is -0.487 e. The van der Waals surface area contributed by atoms with Crippen LogP contribution in [0, 0.1) is 5.82 Å². The molecule has 7 nitrogen and oxygen atoms in total. The molecule has 0 spiro atoms. The van der Waals surface area contributed by atoms with Crippen LogP contribution >= 0.6 is 0 Å². The summed E-state index contributed by atoms with van der Waals surface area (Å²) in [6.07, 6.45) is 0.669. The minimum absolute atomic E-state index is 0.114. The van der Waals surface area contributed by atoms with Crippen LogP contribution in [0.3, 0.4) is 0 Å². The molecule has 0 saturated carbocycles. The van der Waals surface area contributed by atoms with E-state index in [9.17, 15) is 9.18 Å². The van der Waals surface area contributed by atoms with E-state index in [-0.39, 0.29) is 23.6 Å². The number of halogens is 1. The monoisotopic (exact) mass is 336 g/mol. The van der Waals surface area contributed by atoms with E-state index in [4.69, 9.17) is 15.0 Å². The number of piperidine rings is 1. The molecule has 1 aliphatic heterocycles. The second-order valence-corrected chi connectivity index (χ2v) is 6.59. The van der Waals surface area contributed by atoms with Gasteiger partial charge in [0.25, 0.3) is 0 Å². The lowest BCUT2D eigenvalue weighted by atomic mass is 10.1. The average Bonchev–Trinajstić information content (AvgIpc) is 2.49. The highest BCUT2D eigenvalue weighted by Crippen LogP contribution is 2.26. The summed E-state index contributed by atoms with van der Waals surface area (Å²) in [5, 5.41) is 3.34. The van der Waals surface area contributed by atoms with Gasteiger partial charge in [-0.3, -0.25) is 0 Å². The number of hydrogen-bond acceptors (Lipinski definition) is 4. The second kappa shape index (κ2) is 7.40. The third-order valence-corrected chi connectivity index (χ3v) is 3.46. The van der Waals surface area contributed by atoms with Gasteiger partial charge in [0.05, 0.1) is 0 Å². The van der Waals surface area contributed by atoms with Crippen LogP contribution in [0.4, 0.5) is 14.9 Å². The maximum atomic E-state index is 13.9. The Hall–Kier alpha value is -2.47. The van der Waals surface area contributed by atoms with Gasteiger partial charge in [-0.25, -0.2) is 9.18 Å². The van der Waals surface area contributed by atoms with Crippen LogP contribution in [0.15, 0.2) is 23.3 Å². The number of amides is 1. The standard InChI is InChI=1S/C16H21FN4O3/c1-16(2,3)24-15(22)21-8-6-12(7-9-21)23-14-5-4-11(19-20-18)10-13(14)17/h4-5,10,12H,6-9H2,1-3H3. The minimum atomic E-state index is -0.575. The van der Waals surface area contributed by atoms with Crippen molar-refractivity contribution in [1.29, 1.82) is 0 Å². The second-order valence-electron chi connectivity index (χ2n) is 6.59. The summed E-state index contributed by atoms with van der Waals surface area (Å²) in [7, 11) is 0. The Kier molecular flexibility index (Phi) is 5.51. The molecule has 8 heteroatoms. The molecular formula is C16H21FN4O3. The summed E-state index contributed by atoms with van der Waals surface area (Å²) in [5.74, 6) is -0.461. The largest absolute Gasteiger partial charge is 0.487 e. The number of rotatable bonds is 3. The van der Waals surface area contributed by atoms with Gasteiger partial charge in [-0.2, -0.15) is 0 Å². The van der Waals surface area contributed by atoms with Crippen LogP contribution in [0.25, 0.3) is 10.4 Å². The van der Waals surface area contributed by atoms with Crippen LogP contribution in [-0.2, 0) is 4.74 Å². The van der Waals surface area contributed by atoms with Gasteiger partial charge in [-0.15, -0.1) is 0 Å². The predicted octanol–water partition coefficient (Wildman–Crippen LogP) is 4.55. The highest BCUT2D eigenvalue weighted by molar-refractivity contribution is 5.68. The van der Waals surface area contributed by atoms with E-state index in [2.05, 4.69) is 10.0 Å². The summed E-state index contributed by atoms with van der Waals surface area (Å²) in [6.45, 7) is 6.46. The lowest BCUT2D eigenvalue weighted by Gasteiger charge is -2.33. The Bertz CT molecular complexity index is 645. The van der Waals surface area contributed by atoms with Gasteiger partial charge >= 0.3 is 6.09 Å². The average molecular weight is 336 g/mol. The predicted molar refractivity (Wildman–Crippen MR) is 86.7 cm³/mol. The molecule has 0 unspecified atom stereocenters. The number of ether oxygens (including phenoxy) is 2. The number of azide groups is 1. The Morgan fingerprint density at radius 2 is 2.04 bits per heavy atom. The van der Waals surface area contributed by atoms with Crippen molar-refractivity contribution >= 4 is 11.8 Å². The molecule has 0 atom stereocenters. The first-order valence-corrected chi connectivity index (χ1v) is 7.78. The van der Waals surface area contributed by atoms with Crippen molar-refractivity contribution < 1.29 is 18.7 Å². The maximum absolute atomic E-state index is 13.9. The van der Waals surface area contributed by atoms with E-state index < -0.39 is 11.4 Å². The molecular weight excluding hydrogens is 315 g/mol. The summed E-state index contributed by atoms with van der Waals surface area (Å²) < 4.78 is 24.9. The molecule has 1 amide bonds. The third kappa shape index (κ3) is 5.03. The molecule has 1 saturated heterocycles. The van der Waals surface area contributed by atoms with E-state index in [0.29, 0.717) is 25.9 Å². The first-order chi connectivity index (χ1) is 11.3. The molecule has 0 radical (unpaired) electrons. The van der Waals surface area contributed by atoms with Gasteiger partial charge in [-0.05, 0) is 44.5 Å². The zero-order valence-corrected chi connectivity index (χ0v) is 14.0. The fraction of sp³-hybridized carbons (Fsp3) is 0.562. The Balaban J connectivity index is 1.89. The Morgan fingerprint density at radius 1 is 1.38 bits per heavy atom. The van der Waals surface area contributed by atoms with Gasteiger partial charge < -0.3 is 14.4 Å². The molecule has 0 N–H and O–H groups in total. The normalized spacial score (nSPS) is 15.6. The number of hydrogen-bond donors (Lipinski definition) is 0. The van der Waals surface area contributed by atoms with Crippen LogP contribution in [-0.4, -0.2) is 35.8 Å². The summed E-state index contributed by atoms with van der Waals surface area (Å²) in [5.41, 5.74) is 8.01. The molecule has 24 heavy (non-hydrogen) atoms. The van der Waals surface area contributed by atoms with Gasteiger partial charge in [0, 0.05) is 36.5 Å². The van der Waals surface area contributed by atoms with Crippen molar-refractivity contribution in [2.24, 2.45) is 5.11 Å². The molecule has 1 aromatic rings. The van der Waals surface area contributed by atoms with Crippen molar-refractivity contribution in [2.45, 2.75) is 45.3 Å². The van der Waals surface area contributed by atoms with Crippen molar-refractivity contribution in [3.8, 4) is 5.75 Å². The molecule has 130 valence electrons. The van der Waals surface area contributed by atoms with E-state index in [1.807, 2.05) is 20.8 Å². The maximum Gasteiger partial charge on any atom is 0.410 e. The van der Waals surface area contributed by atoms with Gasteiger partial charge in [0.15, 0.2) is 11.6 Å².